The summed E-state index contributed by atoms with van der Waals surface area (Å²) in [5, 5.41) is 8.10. The van der Waals surface area contributed by atoms with Gasteiger partial charge in [-0.05, 0) is 18.7 Å². The molecule has 2 aromatic carbocycles. The number of hydrazone groups is 1. The molecule has 0 radical (unpaired) electrons. The third kappa shape index (κ3) is 2.74. The van der Waals surface area contributed by atoms with Gasteiger partial charge in [0.05, 0.1) is 11.8 Å². The number of ether oxygens (including phenoxy) is 1. The summed E-state index contributed by atoms with van der Waals surface area (Å²) < 4.78 is 6.64. The summed E-state index contributed by atoms with van der Waals surface area (Å²) in [5.41, 5.74) is 2.97. The maximum atomic E-state index is 6.64. The number of piperidine rings is 1. The molecule has 5 rings (SSSR count). The molecule has 0 aromatic heterocycles. The molecule has 1 unspecified atom stereocenters. The van der Waals surface area contributed by atoms with Crippen LogP contribution in [0.3, 0.4) is 0 Å². The van der Waals surface area contributed by atoms with Crippen LogP contribution in [-0.4, -0.2) is 41.0 Å². The molecule has 27 heavy (non-hydrogen) atoms. The van der Waals surface area contributed by atoms with Gasteiger partial charge in [-0.3, -0.25) is 0 Å². The Morgan fingerprint density at radius 1 is 1.11 bits per heavy atom. The molecule has 0 bridgehead atoms. The number of para-hydroxylation sites is 1. The van der Waals surface area contributed by atoms with Gasteiger partial charge in [-0.15, -0.1) is 0 Å². The number of hydrogen-bond acceptors (Lipinski definition) is 4. The minimum Gasteiger partial charge on any atom is -0.466 e. The predicted molar refractivity (Wildman–Crippen MR) is 108 cm³/mol. The van der Waals surface area contributed by atoms with Crippen molar-refractivity contribution in [2.24, 2.45) is 5.10 Å². The maximum Gasteiger partial charge on any atom is 0.200 e. The molecule has 0 N–H and O–H groups in total. The van der Waals surface area contributed by atoms with Crippen molar-refractivity contribution < 1.29 is 4.74 Å². The van der Waals surface area contributed by atoms with Crippen molar-refractivity contribution in [3.63, 3.8) is 0 Å². The molecule has 5 heteroatoms. The number of nitrogens with zero attached hydrogens (tertiary/aromatic N) is 3. The van der Waals surface area contributed by atoms with Crippen molar-refractivity contribution in [1.29, 1.82) is 0 Å². The zero-order chi connectivity index (χ0) is 18.4. The van der Waals surface area contributed by atoms with E-state index in [9.17, 15) is 0 Å². The first kappa shape index (κ1) is 17.1. The van der Waals surface area contributed by atoms with E-state index >= 15 is 0 Å². The predicted octanol–water partition coefficient (Wildman–Crippen LogP) is 4.70. The third-order valence-electron chi connectivity index (χ3n) is 6.18. The summed E-state index contributed by atoms with van der Waals surface area (Å²) in [6.45, 7) is 5.39. The monoisotopic (exact) mass is 381 g/mol. The van der Waals surface area contributed by atoms with Gasteiger partial charge in [0.1, 0.15) is 5.75 Å². The minimum absolute atomic E-state index is 0.217. The molecule has 1 fully saturated rings. The first-order chi connectivity index (χ1) is 13.2. The smallest absolute Gasteiger partial charge is 0.200 e. The van der Waals surface area contributed by atoms with Crippen LogP contribution in [0.25, 0.3) is 0 Å². The van der Waals surface area contributed by atoms with Crippen molar-refractivity contribution in [2.45, 2.75) is 38.0 Å². The molecular formula is C22H24ClN3O. The van der Waals surface area contributed by atoms with Gasteiger partial charge in [0.15, 0.2) is 0 Å². The summed E-state index contributed by atoms with van der Waals surface area (Å²) in [6, 6.07) is 16.7. The van der Waals surface area contributed by atoms with Crippen molar-refractivity contribution in [3.05, 3.63) is 64.7 Å². The fraction of sp³-hybridized carbons (Fsp3) is 0.409. The molecule has 4 nitrogen and oxygen atoms in total. The Bertz CT molecular complexity index is 889. The van der Waals surface area contributed by atoms with Crippen LogP contribution in [0.4, 0.5) is 0 Å². The van der Waals surface area contributed by atoms with Crippen LogP contribution in [-0.2, 0) is 0 Å². The van der Waals surface area contributed by atoms with Crippen LogP contribution in [0.15, 0.2) is 53.6 Å². The van der Waals surface area contributed by atoms with E-state index in [0.29, 0.717) is 0 Å². The average Bonchev–Trinajstić information content (AvgIpc) is 3.16. The lowest BCUT2D eigenvalue weighted by Gasteiger charge is -2.51. The van der Waals surface area contributed by atoms with Crippen molar-refractivity contribution in [2.75, 3.05) is 19.6 Å². The molecular weight excluding hydrogens is 358 g/mol. The standard InChI is InChI=1S/C22H24ClN3O/c1-2-25-13-11-22(12-14-25)26-20(17-8-4-6-10-21(17)27-22)15-19(24-26)16-7-3-5-9-18(16)23/h3-10,20H,2,11-15H2,1H3. The molecule has 3 heterocycles. The van der Waals surface area contributed by atoms with Crippen LogP contribution < -0.4 is 4.74 Å². The molecule has 1 saturated heterocycles. The van der Waals surface area contributed by atoms with Gasteiger partial charge in [0.2, 0.25) is 5.72 Å². The van der Waals surface area contributed by atoms with E-state index in [1.165, 1.54) is 5.56 Å². The van der Waals surface area contributed by atoms with E-state index < -0.39 is 0 Å². The minimum atomic E-state index is -0.353. The Hall–Kier alpha value is -2.04. The molecule has 1 atom stereocenters. The fourth-order valence-corrected chi connectivity index (χ4v) is 4.88. The zero-order valence-corrected chi connectivity index (χ0v) is 16.3. The van der Waals surface area contributed by atoms with Crippen LogP contribution >= 0.6 is 11.6 Å². The second-order valence-corrected chi connectivity index (χ2v) is 8.02. The number of halogens is 1. The first-order valence-electron chi connectivity index (χ1n) is 9.82. The van der Waals surface area contributed by atoms with E-state index in [2.05, 4.69) is 47.2 Å². The van der Waals surface area contributed by atoms with Gasteiger partial charge in [0.25, 0.3) is 0 Å². The van der Waals surface area contributed by atoms with Crippen LogP contribution in [0, 0.1) is 0 Å². The summed E-state index contributed by atoms with van der Waals surface area (Å²) in [6.07, 6.45) is 2.79. The van der Waals surface area contributed by atoms with Gasteiger partial charge in [-0.1, -0.05) is 54.9 Å². The molecule has 1 spiro atoms. The summed E-state index contributed by atoms with van der Waals surface area (Å²) in [7, 11) is 0. The third-order valence-corrected chi connectivity index (χ3v) is 6.50. The Kier molecular flexibility index (Phi) is 4.14. The molecule has 3 aliphatic rings. The van der Waals surface area contributed by atoms with E-state index in [1.54, 1.807) is 0 Å². The highest BCUT2D eigenvalue weighted by atomic mass is 35.5. The first-order valence-corrected chi connectivity index (χ1v) is 10.2. The Balaban J connectivity index is 1.57. The Labute approximate surface area is 165 Å². The molecule has 2 aromatic rings. The second kappa shape index (κ2) is 6.54. The van der Waals surface area contributed by atoms with Crippen LogP contribution in [0.5, 0.6) is 5.75 Å². The number of rotatable bonds is 2. The van der Waals surface area contributed by atoms with Crippen LogP contribution in [0.1, 0.15) is 43.4 Å². The average molecular weight is 382 g/mol. The Morgan fingerprint density at radius 3 is 2.63 bits per heavy atom. The molecule has 140 valence electrons. The maximum absolute atomic E-state index is 6.64. The van der Waals surface area contributed by atoms with Gasteiger partial charge in [-0.2, -0.15) is 5.10 Å². The van der Waals surface area contributed by atoms with Crippen LogP contribution in [0.2, 0.25) is 5.02 Å². The highest BCUT2D eigenvalue weighted by Gasteiger charge is 2.51. The molecule has 3 aliphatic heterocycles. The lowest BCUT2D eigenvalue weighted by Crippen LogP contribution is -2.59. The van der Waals surface area contributed by atoms with Gasteiger partial charge in [0, 0.05) is 48.5 Å². The number of hydrogen-bond donors (Lipinski definition) is 0. The number of fused-ring (bicyclic) bond motifs is 4. The fourth-order valence-electron chi connectivity index (χ4n) is 4.64. The van der Waals surface area contributed by atoms with Crippen molar-refractivity contribution >= 4 is 17.3 Å². The Morgan fingerprint density at radius 2 is 1.85 bits per heavy atom. The van der Waals surface area contributed by atoms with E-state index in [1.807, 2.05) is 18.2 Å². The van der Waals surface area contributed by atoms with Crippen molar-refractivity contribution in [1.82, 2.24) is 9.91 Å². The summed E-state index contributed by atoms with van der Waals surface area (Å²) in [5.74, 6) is 1.01. The van der Waals surface area contributed by atoms with Gasteiger partial charge < -0.3 is 9.64 Å². The molecule has 0 aliphatic carbocycles. The van der Waals surface area contributed by atoms with Crippen molar-refractivity contribution in [3.8, 4) is 5.75 Å². The second-order valence-electron chi connectivity index (χ2n) is 7.61. The highest BCUT2D eigenvalue weighted by molar-refractivity contribution is 6.34. The quantitative estimate of drug-likeness (QED) is 0.755. The summed E-state index contributed by atoms with van der Waals surface area (Å²) >= 11 is 6.48. The van der Waals surface area contributed by atoms with Gasteiger partial charge in [-0.25, -0.2) is 5.01 Å². The summed E-state index contributed by atoms with van der Waals surface area (Å²) in [4.78, 5) is 2.49. The number of benzene rings is 2. The normalized spacial score (nSPS) is 23.6. The highest BCUT2D eigenvalue weighted by Crippen LogP contribution is 2.50. The topological polar surface area (TPSA) is 28.1 Å². The zero-order valence-electron chi connectivity index (χ0n) is 15.6. The lowest BCUT2D eigenvalue weighted by atomic mass is 9.90. The van der Waals surface area contributed by atoms with E-state index in [-0.39, 0.29) is 11.8 Å². The SMILES string of the molecule is CCN1CCC2(CC1)Oc1ccccc1C1CC(c3ccccc3Cl)=NN12. The van der Waals surface area contributed by atoms with Gasteiger partial charge >= 0.3 is 0 Å². The lowest BCUT2D eigenvalue weighted by molar-refractivity contribution is -0.149. The van der Waals surface area contributed by atoms with E-state index in [4.69, 9.17) is 21.4 Å². The number of likely N-dealkylation sites (tertiary alicyclic amines) is 1. The molecule has 0 saturated carbocycles. The largest absolute Gasteiger partial charge is 0.466 e. The van der Waals surface area contributed by atoms with E-state index in [0.717, 1.165) is 60.9 Å². The molecule has 0 amide bonds.